The number of halogens is 1. The molecular formula is C22H29FN3O9P. The summed E-state index contributed by atoms with van der Waals surface area (Å²) in [4.78, 5) is 37.7. The molecule has 2 heterocycles. The van der Waals surface area contributed by atoms with Gasteiger partial charge in [0.05, 0.1) is 12.7 Å². The molecule has 1 aliphatic rings. The zero-order chi connectivity index (χ0) is 26.7. The average molecular weight is 529 g/mol. The van der Waals surface area contributed by atoms with Gasteiger partial charge in [0.25, 0.3) is 5.56 Å². The Kier molecular flexibility index (Phi) is 8.52. The van der Waals surface area contributed by atoms with Crippen molar-refractivity contribution >= 4 is 13.7 Å². The number of hydrogen-bond donors (Lipinski definition) is 3. The van der Waals surface area contributed by atoms with E-state index in [2.05, 4.69) is 5.09 Å². The SMILES string of the molecule is CC(C)OC(=O)[C@@H](C)NP(=O)(OCC1O[C@@H](n2ccc(=O)[nH]c2=O)C(C)(F)[C@H]1O)Oc1ccccc1. The van der Waals surface area contributed by atoms with Gasteiger partial charge < -0.3 is 19.1 Å². The maximum atomic E-state index is 15.4. The molecule has 12 nitrogen and oxygen atoms in total. The molecule has 0 radical (unpaired) electrons. The second kappa shape index (κ2) is 11.1. The van der Waals surface area contributed by atoms with Crippen LogP contribution in [0.25, 0.3) is 0 Å². The highest BCUT2D eigenvalue weighted by atomic mass is 31.2. The molecule has 0 saturated carbocycles. The molecule has 0 spiro atoms. The van der Waals surface area contributed by atoms with Crippen molar-refractivity contribution in [2.75, 3.05) is 6.61 Å². The molecule has 14 heteroatoms. The minimum atomic E-state index is -4.30. The van der Waals surface area contributed by atoms with Gasteiger partial charge in [0, 0.05) is 12.3 Å². The lowest BCUT2D eigenvalue weighted by Gasteiger charge is -2.25. The van der Waals surface area contributed by atoms with Crippen molar-refractivity contribution in [3.05, 3.63) is 63.4 Å². The number of nitrogens with zero attached hydrogens (tertiary/aromatic N) is 1. The van der Waals surface area contributed by atoms with Crippen molar-refractivity contribution in [2.45, 2.75) is 63.9 Å². The quantitative estimate of drug-likeness (QED) is 0.305. The van der Waals surface area contributed by atoms with Gasteiger partial charge in [-0.2, -0.15) is 5.09 Å². The van der Waals surface area contributed by atoms with Gasteiger partial charge in [-0.1, -0.05) is 18.2 Å². The summed E-state index contributed by atoms with van der Waals surface area (Å²) >= 11 is 0. The Bertz CT molecular complexity index is 1220. The maximum absolute atomic E-state index is 15.4. The molecule has 6 atom stereocenters. The summed E-state index contributed by atoms with van der Waals surface area (Å²) in [5.74, 6) is -0.560. The summed E-state index contributed by atoms with van der Waals surface area (Å²) < 4.78 is 51.4. The van der Waals surface area contributed by atoms with Crippen LogP contribution >= 0.6 is 7.75 Å². The van der Waals surface area contributed by atoms with Crippen LogP contribution in [0.5, 0.6) is 5.75 Å². The van der Waals surface area contributed by atoms with Crippen LogP contribution in [0.4, 0.5) is 4.39 Å². The predicted octanol–water partition coefficient (Wildman–Crippen LogP) is 1.66. The summed E-state index contributed by atoms with van der Waals surface area (Å²) in [5.41, 5.74) is -4.12. The van der Waals surface area contributed by atoms with E-state index in [0.717, 1.165) is 23.8 Å². The van der Waals surface area contributed by atoms with Crippen LogP contribution in [0.15, 0.2) is 52.2 Å². The molecule has 0 bridgehead atoms. The van der Waals surface area contributed by atoms with Crippen LogP contribution < -0.4 is 20.9 Å². The Morgan fingerprint density at radius 3 is 2.56 bits per heavy atom. The topological polar surface area (TPSA) is 158 Å². The zero-order valence-corrected chi connectivity index (χ0v) is 21.0. The Balaban J connectivity index is 1.80. The largest absolute Gasteiger partial charge is 0.462 e. The first kappa shape index (κ1) is 27.8. The molecular weight excluding hydrogens is 500 g/mol. The van der Waals surface area contributed by atoms with Crippen molar-refractivity contribution < 1.29 is 37.4 Å². The van der Waals surface area contributed by atoms with E-state index in [1.54, 1.807) is 32.0 Å². The van der Waals surface area contributed by atoms with E-state index >= 15 is 4.39 Å². The fraction of sp³-hybridized carbons (Fsp3) is 0.500. The number of ether oxygens (including phenoxy) is 2. The number of para-hydroxylation sites is 1. The zero-order valence-electron chi connectivity index (χ0n) is 20.1. The van der Waals surface area contributed by atoms with E-state index in [1.165, 1.54) is 19.1 Å². The summed E-state index contributed by atoms with van der Waals surface area (Å²) in [7, 11) is -4.30. The third-order valence-electron chi connectivity index (χ3n) is 5.26. The standard InChI is InChI=1S/C22H29FN3O9P/c1-13(2)33-19(29)14(3)25-36(31,35-15-8-6-5-7-9-15)32-12-16-18(28)22(4,23)20(34-16)26-11-10-17(27)24-21(26)30/h5-11,13-14,16,18,20,28H,12H2,1-4H3,(H,25,31)(H,24,27,30)/t14-,16?,18+,20-,22?,36?/m1/s1. The molecule has 3 N–H and O–H groups in total. The van der Waals surface area contributed by atoms with Crippen LogP contribution in [-0.2, 0) is 23.4 Å². The number of carbonyl (C=O) groups excluding carboxylic acids is 1. The highest BCUT2D eigenvalue weighted by Gasteiger charge is 2.55. The van der Waals surface area contributed by atoms with Crippen molar-refractivity contribution in [1.29, 1.82) is 0 Å². The molecule has 0 aliphatic carbocycles. The molecule has 3 unspecified atom stereocenters. The van der Waals surface area contributed by atoms with Gasteiger partial charge in [-0.05, 0) is 39.8 Å². The number of alkyl halides is 1. The van der Waals surface area contributed by atoms with E-state index < -0.39 is 67.8 Å². The van der Waals surface area contributed by atoms with Crippen molar-refractivity contribution in [3.63, 3.8) is 0 Å². The average Bonchev–Trinajstić information content (AvgIpc) is 3.01. The van der Waals surface area contributed by atoms with E-state index in [0.29, 0.717) is 0 Å². The Hall–Kier alpha value is -2.83. The number of carbonyl (C=O) groups is 1. The van der Waals surface area contributed by atoms with Crippen molar-refractivity contribution in [3.8, 4) is 5.75 Å². The highest BCUT2D eigenvalue weighted by molar-refractivity contribution is 7.52. The van der Waals surface area contributed by atoms with Crippen molar-refractivity contribution in [1.82, 2.24) is 14.6 Å². The lowest BCUT2D eigenvalue weighted by molar-refractivity contribution is -0.149. The van der Waals surface area contributed by atoms with Gasteiger partial charge >= 0.3 is 19.4 Å². The van der Waals surface area contributed by atoms with Crippen LogP contribution in [0.1, 0.15) is 33.9 Å². The van der Waals surface area contributed by atoms with Crippen LogP contribution in [0.2, 0.25) is 0 Å². The first-order valence-corrected chi connectivity index (χ1v) is 12.7. The number of aliphatic hydroxyl groups excluding tert-OH is 1. The highest BCUT2D eigenvalue weighted by Crippen LogP contribution is 2.47. The summed E-state index contributed by atoms with van der Waals surface area (Å²) in [5, 5.41) is 13.0. The summed E-state index contributed by atoms with van der Waals surface area (Å²) in [6.45, 7) is 5.07. The molecule has 1 aromatic carbocycles. The molecule has 2 aromatic rings. The number of aliphatic hydroxyl groups is 1. The third-order valence-corrected chi connectivity index (χ3v) is 6.90. The van der Waals surface area contributed by atoms with E-state index in [-0.39, 0.29) is 5.75 Å². The summed E-state index contributed by atoms with van der Waals surface area (Å²) in [6.07, 6.45) is -4.21. The van der Waals surface area contributed by atoms with E-state index in [9.17, 15) is 24.1 Å². The van der Waals surface area contributed by atoms with Gasteiger partial charge in [0.15, 0.2) is 11.9 Å². The van der Waals surface area contributed by atoms with Crippen LogP contribution in [-0.4, -0.2) is 57.3 Å². The Morgan fingerprint density at radius 2 is 1.94 bits per heavy atom. The minimum absolute atomic E-state index is 0.152. The second-order valence-corrected chi connectivity index (χ2v) is 10.4. The smallest absolute Gasteiger partial charge is 0.459 e. The molecule has 198 valence electrons. The number of esters is 1. The number of nitrogens with one attached hydrogen (secondary N) is 2. The molecule has 36 heavy (non-hydrogen) atoms. The minimum Gasteiger partial charge on any atom is -0.462 e. The van der Waals surface area contributed by atoms with E-state index in [1.807, 2.05) is 4.98 Å². The molecule has 1 saturated heterocycles. The van der Waals surface area contributed by atoms with Gasteiger partial charge in [0.2, 0.25) is 0 Å². The number of aromatic amines is 1. The van der Waals surface area contributed by atoms with Crippen LogP contribution in [0.3, 0.4) is 0 Å². The number of aromatic nitrogens is 2. The Labute approximate surface area is 205 Å². The lowest BCUT2D eigenvalue weighted by Crippen LogP contribution is -2.43. The first-order valence-electron chi connectivity index (χ1n) is 11.1. The lowest BCUT2D eigenvalue weighted by atomic mass is 9.98. The second-order valence-electron chi connectivity index (χ2n) is 8.67. The number of rotatable bonds is 10. The molecule has 1 aliphatic heterocycles. The third kappa shape index (κ3) is 6.48. The predicted molar refractivity (Wildman–Crippen MR) is 125 cm³/mol. The van der Waals surface area contributed by atoms with Gasteiger partial charge in [-0.25, -0.2) is 13.8 Å². The molecule has 1 fully saturated rings. The molecule has 0 amide bonds. The molecule has 3 rings (SSSR count). The monoisotopic (exact) mass is 529 g/mol. The van der Waals surface area contributed by atoms with Crippen molar-refractivity contribution in [2.24, 2.45) is 0 Å². The number of H-pyrrole nitrogens is 1. The Morgan fingerprint density at radius 1 is 1.28 bits per heavy atom. The van der Waals surface area contributed by atoms with E-state index in [4.69, 9.17) is 18.5 Å². The fourth-order valence-electron chi connectivity index (χ4n) is 3.47. The molecule has 1 aromatic heterocycles. The summed E-state index contributed by atoms with van der Waals surface area (Å²) in [6, 6.07) is 7.86. The normalized spacial score (nSPS) is 26.4. The van der Waals surface area contributed by atoms with Gasteiger partial charge in [0.1, 0.15) is 24.0 Å². The van der Waals surface area contributed by atoms with Gasteiger partial charge in [-0.15, -0.1) is 0 Å². The maximum Gasteiger partial charge on any atom is 0.459 e. The first-order chi connectivity index (χ1) is 16.8. The number of benzene rings is 1. The number of hydrogen-bond acceptors (Lipinski definition) is 9. The van der Waals surface area contributed by atoms with Gasteiger partial charge in [-0.3, -0.25) is 23.7 Å². The fourth-order valence-corrected chi connectivity index (χ4v) is 4.97. The van der Waals surface area contributed by atoms with Crippen LogP contribution in [0, 0.1) is 0 Å².